The molecule has 0 amide bonds. The van der Waals surface area contributed by atoms with E-state index in [4.69, 9.17) is 10.5 Å². The molecule has 1 aromatic rings. The van der Waals surface area contributed by atoms with Crippen molar-refractivity contribution in [3.8, 4) is 5.75 Å². The van der Waals surface area contributed by atoms with Crippen LogP contribution in [0.5, 0.6) is 5.75 Å². The lowest BCUT2D eigenvalue weighted by Crippen LogP contribution is -2.34. The lowest BCUT2D eigenvalue weighted by atomic mass is 9.94. The predicted octanol–water partition coefficient (Wildman–Crippen LogP) is 1.93. The lowest BCUT2D eigenvalue weighted by Gasteiger charge is -2.17. The molecule has 0 aliphatic carbocycles. The Morgan fingerprint density at radius 3 is 2.94 bits per heavy atom. The zero-order valence-corrected chi connectivity index (χ0v) is 9.75. The number of carbonyl (C=O) groups is 1. The number of carbonyl (C=O) groups excluding carboxylic acids is 1. The Morgan fingerprint density at radius 2 is 2.25 bits per heavy atom. The van der Waals surface area contributed by atoms with E-state index in [9.17, 15) is 4.79 Å². The Labute approximate surface area is 95.6 Å². The summed E-state index contributed by atoms with van der Waals surface area (Å²) < 4.78 is 5.40. The minimum atomic E-state index is -0.452. The highest BCUT2D eigenvalue weighted by atomic mass is 16.5. The highest BCUT2D eigenvalue weighted by molar-refractivity contribution is 5.97. The molecule has 1 aliphatic heterocycles. The molecule has 16 heavy (non-hydrogen) atoms. The van der Waals surface area contributed by atoms with Crippen molar-refractivity contribution >= 4 is 5.78 Å². The molecule has 2 N–H and O–H groups in total. The fourth-order valence-corrected chi connectivity index (χ4v) is 1.88. The van der Waals surface area contributed by atoms with Gasteiger partial charge < -0.3 is 10.5 Å². The molecule has 1 aliphatic rings. The number of rotatable bonds is 3. The molecular formula is C13H17NO2. The molecule has 1 aromatic carbocycles. The van der Waals surface area contributed by atoms with Crippen LogP contribution in [0.1, 0.15) is 36.2 Å². The number of ketones is 1. The summed E-state index contributed by atoms with van der Waals surface area (Å²) in [6.07, 6.45) is 1.26. The molecule has 0 saturated heterocycles. The van der Waals surface area contributed by atoms with Crippen LogP contribution in [0.15, 0.2) is 18.2 Å². The van der Waals surface area contributed by atoms with Gasteiger partial charge in [-0.25, -0.2) is 0 Å². The standard InChI is InChI=1S/C13H17NO2/c1-13(2,14)8-11(15)9-3-4-12-10(7-9)5-6-16-12/h3-4,7H,5-6,8,14H2,1-2H3. The van der Waals surface area contributed by atoms with Crippen molar-refractivity contribution in [2.24, 2.45) is 5.73 Å². The molecule has 0 aromatic heterocycles. The summed E-state index contributed by atoms with van der Waals surface area (Å²) in [6, 6.07) is 5.62. The van der Waals surface area contributed by atoms with Gasteiger partial charge in [-0.05, 0) is 37.6 Å². The summed E-state index contributed by atoms with van der Waals surface area (Å²) in [5.41, 5.74) is 7.25. The number of benzene rings is 1. The summed E-state index contributed by atoms with van der Waals surface area (Å²) in [6.45, 7) is 4.44. The van der Waals surface area contributed by atoms with Crippen LogP contribution in [0, 0.1) is 0 Å². The van der Waals surface area contributed by atoms with E-state index >= 15 is 0 Å². The van der Waals surface area contributed by atoms with Crippen molar-refractivity contribution in [3.63, 3.8) is 0 Å². The average Bonchev–Trinajstić information content (AvgIpc) is 2.61. The van der Waals surface area contributed by atoms with Crippen LogP contribution < -0.4 is 10.5 Å². The number of nitrogens with two attached hydrogens (primary N) is 1. The second-order valence-electron chi connectivity index (χ2n) is 5.01. The van der Waals surface area contributed by atoms with Gasteiger partial charge in [0.05, 0.1) is 6.61 Å². The second kappa shape index (κ2) is 3.91. The molecule has 3 heteroatoms. The van der Waals surface area contributed by atoms with E-state index in [-0.39, 0.29) is 5.78 Å². The number of hydrogen-bond donors (Lipinski definition) is 1. The van der Waals surface area contributed by atoms with Crippen molar-refractivity contribution in [2.75, 3.05) is 6.61 Å². The maximum Gasteiger partial charge on any atom is 0.164 e. The first-order valence-corrected chi connectivity index (χ1v) is 5.53. The molecule has 0 spiro atoms. The third kappa shape index (κ3) is 2.42. The molecule has 0 unspecified atom stereocenters. The van der Waals surface area contributed by atoms with Gasteiger partial charge >= 0.3 is 0 Å². The third-order valence-electron chi connectivity index (χ3n) is 2.63. The zero-order valence-electron chi connectivity index (χ0n) is 9.75. The van der Waals surface area contributed by atoms with E-state index in [0.717, 1.165) is 29.9 Å². The van der Waals surface area contributed by atoms with Crippen molar-refractivity contribution in [2.45, 2.75) is 32.2 Å². The highest BCUT2D eigenvalue weighted by Crippen LogP contribution is 2.26. The Bertz CT molecular complexity index is 418. The van der Waals surface area contributed by atoms with Gasteiger partial charge in [0, 0.05) is 23.9 Å². The monoisotopic (exact) mass is 219 g/mol. The van der Waals surface area contributed by atoms with E-state index in [1.54, 1.807) is 0 Å². The van der Waals surface area contributed by atoms with Gasteiger partial charge in [0.2, 0.25) is 0 Å². The summed E-state index contributed by atoms with van der Waals surface area (Å²) in [7, 11) is 0. The molecule has 0 bridgehead atoms. The molecule has 0 radical (unpaired) electrons. The zero-order chi connectivity index (χ0) is 11.8. The summed E-state index contributed by atoms with van der Waals surface area (Å²) >= 11 is 0. The fourth-order valence-electron chi connectivity index (χ4n) is 1.88. The lowest BCUT2D eigenvalue weighted by molar-refractivity contribution is 0.0960. The average molecular weight is 219 g/mol. The van der Waals surface area contributed by atoms with Gasteiger partial charge in [-0.2, -0.15) is 0 Å². The maximum atomic E-state index is 11.9. The smallest absolute Gasteiger partial charge is 0.164 e. The normalized spacial score (nSPS) is 14.4. The Morgan fingerprint density at radius 1 is 1.50 bits per heavy atom. The van der Waals surface area contributed by atoms with Gasteiger partial charge in [-0.15, -0.1) is 0 Å². The van der Waals surface area contributed by atoms with E-state index < -0.39 is 5.54 Å². The number of Topliss-reactive ketones (excluding diaryl/α,β-unsaturated/α-hetero) is 1. The highest BCUT2D eigenvalue weighted by Gasteiger charge is 2.20. The minimum Gasteiger partial charge on any atom is -0.493 e. The SMILES string of the molecule is CC(C)(N)CC(=O)c1ccc2c(c1)CCO2. The fraction of sp³-hybridized carbons (Fsp3) is 0.462. The van der Waals surface area contributed by atoms with Crippen LogP contribution in [-0.2, 0) is 6.42 Å². The van der Waals surface area contributed by atoms with Crippen LogP contribution in [-0.4, -0.2) is 17.9 Å². The van der Waals surface area contributed by atoms with Gasteiger partial charge in [-0.1, -0.05) is 0 Å². The number of fused-ring (bicyclic) bond motifs is 1. The maximum absolute atomic E-state index is 11.9. The molecule has 3 nitrogen and oxygen atoms in total. The van der Waals surface area contributed by atoms with Crippen molar-refractivity contribution in [1.29, 1.82) is 0 Å². The van der Waals surface area contributed by atoms with Crippen LogP contribution in [0.25, 0.3) is 0 Å². The summed E-state index contributed by atoms with van der Waals surface area (Å²) in [4.78, 5) is 11.9. The summed E-state index contributed by atoms with van der Waals surface area (Å²) in [5, 5.41) is 0. The molecule has 2 rings (SSSR count). The Hall–Kier alpha value is -1.35. The minimum absolute atomic E-state index is 0.0993. The van der Waals surface area contributed by atoms with E-state index in [0.29, 0.717) is 6.42 Å². The largest absolute Gasteiger partial charge is 0.493 e. The van der Waals surface area contributed by atoms with Crippen molar-refractivity contribution < 1.29 is 9.53 Å². The van der Waals surface area contributed by atoms with Crippen LogP contribution >= 0.6 is 0 Å². The molecule has 1 heterocycles. The Balaban J connectivity index is 2.19. The second-order valence-corrected chi connectivity index (χ2v) is 5.01. The molecule has 0 atom stereocenters. The molecular weight excluding hydrogens is 202 g/mol. The van der Waals surface area contributed by atoms with Gasteiger partial charge in [-0.3, -0.25) is 4.79 Å². The first kappa shape index (κ1) is 11.1. The van der Waals surface area contributed by atoms with Gasteiger partial charge in [0.1, 0.15) is 5.75 Å². The predicted molar refractivity (Wildman–Crippen MR) is 62.9 cm³/mol. The van der Waals surface area contributed by atoms with E-state index in [2.05, 4.69) is 0 Å². The number of hydrogen-bond acceptors (Lipinski definition) is 3. The van der Waals surface area contributed by atoms with Crippen LogP contribution in [0.2, 0.25) is 0 Å². The first-order chi connectivity index (χ1) is 7.46. The van der Waals surface area contributed by atoms with E-state index in [1.165, 1.54) is 0 Å². The summed E-state index contributed by atoms with van der Waals surface area (Å²) in [5.74, 6) is 1.01. The molecule has 0 saturated carbocycles. The Kier molecular flexibility index (Phi) is 2.72. The molecule has 0 fully saturated rings. The topological polar surface area (TPSA) is 52.3 Å². The van der Waals surface area contributed by atoms with Crippen molar-refractivity contribution in [1.82, 2.24) is 0 Å². The van der Waals surface area contributed by atoms with E-state index in [1.807, 2.05) is 32.0 Å². The number of ether oxygens (including phenoxy) is 1. The van der Waals surface area contributed by atoms with Crippen LogP contribution in [0.3, 0.4) is 0 Å². The van der Waals surface area contributed by atoms with Crippen LogP contribution in [0.4, 0.5) is 0 Å². The van der Waals surface area contributed by atoms with Crippen molar-refractivity contribution in [3.05, 3.63) is 29.3 Å². The van der Waals surface area contributed by atoms with Gasteiger partial charge in [0.25, 0.3) is 0 Å². The van der Waals surface area contributed by atoms with Gasteiger partial charge in [0.15, 0.2) is 5.78 Å². The quantitative estimate of drug-likeness (QED) is 0.790. The third-order valence-corrected chi connectivity index (χ3v) is 2.63. The first-order valence-electron chi connectivity index (χ1n) is 5.53. The molecule has 86 valence electrons.